The standard InChI is InChI=1S/C15H16NO2/c1-4-8-16(9-5-1)10-15-17-11-13-6-2-3-7-14(13)12-18-15/h1-9,15H,10-12H2/q+1. The molecular weight excluding hydrogens is 226 g/mol. The quantitative estimate of drug-likeness (QED) is 0.752. The van der Waals surface area contributed by atoms with E-state index in [1.807, 2.05) is 42.7 Å². The van der Waals surface area contributed by atoms with Gasteiger partial charge in [-0.1, -0.05) is 30.3 Å². The van der Waals surface area contributed by atoms with Crippen LogP contribution < -0.4 is 4.57 Å². The molecule has 92 valence electrons. The largest absolute Gasteiger partial charge is 0.342 e. The smallest absolute Gasteiger partial charge is 0.218 e. The van der Waals surface area contributed by atoms with Gasteiger partial charge in [-0.25, -0.2) is 0 Å². The minimum Gasteiger partial charge on any atom is -0.342 e. The fraction of sp³-hybridized carbons (Fsp3) is 0.267. The zero-order valence-electron chi connectivity index (χ0n) is 10.2. The molecule has 0 fully saturated rings. The lowest BCUT2D eigenvalue weighted by Crippen LogP contribution is -2.40. The van der Waals surface area contributed by atoms with Crippen molar-refractivity contribution in [2.75, 3.05) is 0 Å². The van der Waals surface area contributed by atoms with Crippen LogP contribution in [0.15, 0.2) is 54.9 Å². The molecule has 3 rings (SSSR count). The third kappa shape index (κ3) is 2.58. The van der Waals surface area contributed by atoms with Crippen molar-refractivity contribution in [3.63, 3.8) is 0 Å². The maximum absolute atomic E-state index is 5.79. The minimum absolute atomic E-state index is 0.190. The van der Waals surface area contributed by atoms with E-state index in [0.29, 0.717) is 13.2 Å². The van der Waals surface area contributed by atoms with Crippen LogP contribution in [0.25, 0.3) is 0 Å². The second kappa shape index (κ2) is 5.29. The Kier molecular flexibility index (Phi) is 3.35. The maximum atomic E-state index is 5.79. The van der Waals surface area contributed by atoms with E-state index in [4.69, 9.17) is 9.47 Å². The fourth-order valence-electron chi connectivity index (χ4n) is 2.09. The van der Waals surface area contributed by atoms with Gasteiger partial charge in [0.25, 0.3) is 0 Å². The van der Waals surface area contributed by atoms with Crippen LogP contribution in [-0.4, -0.2) is 6.29 Å². The Morgan fingerprint density at radius 1 is 0.889 bits per heavy atom. The lowest BCUT2D eigenvalue weighted by molar-refractivity contribution is -0.711. The molecule has 1 aromatic carbocycles. The monoisotopic (exact) mass is 242 g/mol. The molecule has 2 aromatic rings. The molecule has 0 N–H and O–H groups in total. The fourth-order valence-corrected chi connectivity index (χ4v) is 2.09. The van der Waals surface area contributed by atoms with Gasteiger partial charge in [0.15, 0.2) is 18.9 Å². The van der Waals surface area contributed by atoms with Gasteiger partial charge >= 0.3 is 0 Å². The zero-order valence-corrected chi connectivity index (χ0v) is 10.2. The Balaban J connectivity index is 1.68. The summed E-state index contributed by atoms with van der Waals surface area (Å²) in [6.45, 7) is 1.96. The highest BCUT2D eigenvalue weighted by molar-refractivity contribution is 5.26. The second-order valence-electron chi connectivity index (χ2n) is 4.39. The first-order valence-corrected chi connectivity index (χ1v) is 6.16. The number of rotatable bonds is 2. The molecule has 0 bridgehead atoms. The Labute approximate surface area is 107 Å². The van der Waals surface area contributed by atoms with Crippen molar-refractivity contribution >= 4 is 0 Å². The molecule has 0 radical (unpaired) electrons. The van der Waals surface area contributed by atoms with E-state index in [1.54, 1.807) is 0 Å². The predicted octanol–water partition coefficient (Wildman–Crippen LogP) is 2.05. The van der Waals surface area contributed by atoms with Gasteiger partial charge in [0.05, 0.1) is 13.2 Å². The lowest BCUT2D eigenvalue weighted by Gasteiger charge is -2.11. The van der Waals surface area contributed by atoms with Crippen molar-refractivity contribution in [3.05, 3.63) is 66.0 Å². The number of aromatic nitrogens is 1. The Morgan fingerprint density at radius 2 is 1.50 bits per heavy atom. The van der Waals surface area contributed by atoms with Crippen LogP contribution in [0.4, 0.5) is 0 Å². The summed E-state index contributed by atoms with van der Waals surface area (Å²) in [5.41, 5.74) is 2.44. The Bertz CT molecular complexity index is 486. The van der Waals surface area contributed by atoms with E-state index in [0.717, 1.165) is 6.54 Å². The van der Waals surface area contributed by atoms with Crippen molar-refractivity contribution in [1.29, 1.82) is 0 Å². The minimum atomic E-state index is -0.190. The number of hydrogen-bond donors (Lipinski definition) is 0. The topological polar surface area (TPSA) is 22.3 Å². The summed E-state index contributed by atoms with van der Waals surface area (Å²) >= 11 is 0. The molecule has 1 aliphatic rings. The summed E-state index contributed by atoms with van der Waals surface area (Å²) < 4.78 is 13.7. The number of pyridine rings is 1. The van der Waals surface area contributed by atoms with Crippen molar-refractivity contribution in [3.8, 4) is 0 Å². The Morgan fingerprint density at radius 3 is 2.11 bits per heavy atom. The van der Waals surface area contributed by atoms with Gasteiger partial charge in [0.1, 0.15) is 0 Å². The van der Waals surface area contributed by atoms with Crippen LogP contribution in [0.1, 0.15) is 11.1 Å². The molecule has 18 heavy (non-hydrogen) atoms. The van der Waals surface area contributed by atoms with Crippen molar-refractivity contribution < 1.29 is 14.0 Å². The zero-order chi connectivity index (χ0) is 12.2. The van der Waals surface area contributed by atoms with E-state index in [-0.39, 0.29) is 6.29 Å². The number of hydrogen-bond acceptors (Lipinski definition) is 2. The molecule has 1 aromatic heterocycles. The summed E-state index contributed by atoms with van der Waals surface area (Å²) in [6.07, 6.45) is 3.85. The van der Waals surface area contributed by atoms with Crippen LogP contribution in [0.5, 0.6) is 0 Å². The number of nitrogens with zero attached hydrogens (tertiary/aromatic N) is 1. The molecule has 0 saturated heterocycles. The van der Waals surface area contributed by atoms with Crippen LogP contribution in [0, 0.1) is 0 Å². The van der Waals surface area contributed by atoms with Gasteiger partial charge in [0.2, 0.25) is 6.29 Å². The van der Waals surface area contributed by atoms with Crippen LogP contribution in [0.3, 0.4) is 0 Å². The van der Waals surface area contributed by atoms with Crippen LogP contribution in [0.2, 0.25) is 0 Å². The van der Waals surface area contributed by atoms with Gasteiger partial charge in [-0.2, -0.15) is 4.57 Å². The van der Waals surface area contributed by atoms with Crippen LogP contribution >= 0.6 is 0 Å². The van der Waals surface area contributed by atoms with Gasteiger partial charge in [0, 0.05) is 12.1 Å². The second-order valence-corrected chi connectivity index (χ2v) is 4.39. The summed E-state index contributed by atoms with van der Waals surface area (Å²) in [5, 5.41) is 0. The molecule has 0 saturated carbocycles. The summed E-state index contributed by atoms with van der Waals surface area (Å²) in [6, 6.07) is 14.3. The average Bonchev–Trinajstić information content (AvgIpc) is 2.63. The summed E-state index contributed by atoms with van der Waals surface area (Å²) in [7, 11) is 0. The molecule has 2 heterocycles. The molecule has 0 amide bonds. The third-order valence-corrected chi connectivity index (χ3v) is 3.11. The summed E-state index contributed by atoms with van der Waals surface area (Å²) in [4.78, 5) is 0. The molecule has 1 aliphatic heterocycles. The van der Waals surface area contributed by atoms with Gasteiger partial charge < -0.3 is 9.47 Å². The maximum Gasteiger partial charge on any atom is 0.218 e. The van der Waals surface area contributed by atoms with E-state index >= 15 is 0 Å². The normalized spacial score (nSPS) is 16.0. The SMILES string of the molecule is c1cc[n+](CC2OCc3ccccc3CO2)cc1. The molecule has 0 spiro atoms. The van der Waals surface area contributed by atoms with E-state index < -0.39 is 0 Å². The van der Waals surface area contributed by atoms with Gasteiger partial charge in [-0.15, -0.1) is 0 Å². The predicted molar refractivity (Wildman–Crippen MR) is 66.4 cm³/mol. The highest BCUT2D eigenvalue weighted by atomic mass is 16.7. The molecular formula is C15H16NO2+. The molecule has 0 atom stereocenters. The van der Waals surface area contributed by atoms with Crippen molar-refractivity contribution in [2.45, 2.75) is 26.0 Å². The van der Waals surface area contributed by atoms with Crippen molar-refractivity contribution in [1.82, 2.24) is 0 Å². The summed E-state index contributed by atoms with van der Waals surface area (Å²) in [5.74, 6) is 0. The number of benzene rings is 1. The first-order valence-electron chi connectivity index (χ1n) is 6.16. The first-order chi connectivity index (χ1) is 8.92. The van der Waals surface area contributed by atoms with E-state index in [1.165, 1.54) is 11.1 Å². The Hall–Kier alpha value is -1.71. The highest BCUT2D eigenvalue weighted by Gasteiger charge is 2.20. The lowest BCUT2D eigenvalue weighted by atomic mass is 10.1. The van der Waals surface area contributed by atoms with Gasteiger partial charge in [-0.3, -0.25) is 0 Å². The first kappa shape index (κ1) is 11.4. The third-order valence-electron chi connectivity index (χ3n) is 3.11. The van der Waals surface area contributed by atoms with Crippen molar-refractivity contribution in [2.24, 2.45) is 0 Å². The number of fused-ring (bicyclic) bond motifs is 1. The number of ether oxygens (including phenoxy) is 2. The molecule has 0 unspecified atom stereocenters. The molecule has 3 nitrogen and oxygen atoms in total. The molecule has 3 heteroatoms. The van der Waals surface area contributed by atoms with E-state index in [2.05, 4.69) is 16.7 Å². The average molecular weight is 242 g/mol. The molecule has 0 aliphatic carbocycles. The van der Waals surface area contributed by atoms with E-state index in [9.17, 15) is 0 Å². The van der Waals surface area contributed by atoms with Crippen LogP contribution in [-0.2, 0) is 29.2 Å². The van der Waals surface area contributed by atoms with Gasteiger partial charge in [-0.05, 0) is 11.1 Å². The highest BCUT2D eigenvalue weighted by Crippen LogP contribution is 2.17.